The van der Waals surface area contributed by atoms with Crippen molar-refractivity contribution >= 4 is 17.5 Å². The summed E-state index contributed by atoms with van der Waals surface area (Å²) >= 11 is 6.13. The lowest BCUT2D eigenvalue weighted by Gasteiger charge is -2.28. The number of nitrogens with one attached hydrogen (secondary N) is 2. The Bertz CT molecular complexity index is 1400. The molecule has 2 aliphatic rings. The highest BCUT2D eigenvalue weighted by atomic mass is 35.5. The number of para-hydroxylation sites is 1. The van der Waals surface area contributed by atoms with Crippen LogP contribution in [-0.2, 0) is 16.0 Å². The molecule has 9 nitrogen and oxygen atoms in total. The number of rotatable bonds is 5. The van der Waals surface area contributed by atoms with Gasteiger partial charge in [-0.1, -0.05) is 42.8 Å². The molecule has 5 rings (SSSR count). The molecular weight excluding hydrogens is 474 g/mol. The van der Waals surface area contributed by atoms with Crippen molar-refractivity contribution in [1.29, 1.82) is 0 Å². The summed E-state index contributed by atoms with van der Waals surface area (Å²) in [6, 6.07) is 12.4. The van der Waals surface area contributed by atoms with E-state index in [0.29, 0.717) is 34.1 Å². The quantitative estimate of drug-likeness (QED) is 0.497. The van der Waals surface area contributed by atoms with Crippen molar-refractivity contribution < 1.29 is 19.4 Å². The highest BCUT2D eigenvalue weighted by Crippen LogP contribution is 2.45. The van der Waals surface area contributed by atoms with Gasteiger partial charge in [0.25, 0.3) is 5.56 Å². The second-order valence-corrected chi connectivity index (χ2v) is 9.04. The van der Waals surface area contributed by atoms with E-state index in [9.17, 15) is 19.5 Å². The van der Waals surface area contributed by atoms with Gasteiger partial charge >= 0.3 is 5.69 Å². The van der Waals surface area contributed by atoms with E-state index in [2.05, 4.69) is 10.3 Å². The zero-order chi connectivity index (χ0) is 24.7. The van der Waals surface area contributed by atoms with Crippen LogP contribution in [0.4, 0.5) is 0 Å². The van der Waals surface area contributed by atoms with Crippen LogP contribution in [0, 0.1) is 0 Å². The fourth-order valence-corrected chi connectivity index (χ4v) is 4.74. The second kappa shape index (κ2) is 9.33. The number of hydrogen-bond acceptors (Lipinski definition) is 6. The Hall–Kier alpha value is -3.40. The minimum atomic E-state index is -0.905. The van der Waals surface area contributed by atoms with Gasteiger partial charge in [0.05, 0.1) is 12.0 Å². The summed E-state index contributed by atoms with van der Waals surface area (Å²) < 4.78 is 13.1. The van der Waals surface area contributed by atoms with Crippen LogP contribution in [0.2, 0.25) is 5.02 Å². The van der Waals surface area contributed by atoms with Gasteiger partial charge in [-0.2, -0.15) is 0 Å². The average molecular weight is 498 g/mol. The van der Waals surface area contributed by atoms with Crippen LogP contribution < -0.4 is 21.3 Å². The Balaban J connectivity index is 1.34. The number of fused-ring (bicyclic) bond motifs is 2. The summed E-state index contributed by atoms with van der Waals surface area (Å²) in [6.45, 7) is 1.85. The molecule has 0 aliphatic carbocycles. The maximum Gasteiger partial charge on any atom is 0.330 e. The number of aliphatic hydroxyl groups is 1. The number of amides is 1. The van der Waals surface area contributed by atoms with Crippen LogP contribution in [0.25, 0.3) is 0 Å². The Labute approximate surface area is 205 Å². The van der Waals surface area contributed by atoms with Gasteiger partial charge in [0.15, 0.2) is 0 Å². The lowest BCUT2D eigenvalue weighted by atomic mass is 9.87. The maximum absolute atomic E-state index is 13.4. The number of aromatic nitrogens is 2. The zero-order valence-corrected chi connectivity index (χ0v) is 19.6. The van der Waals surface area contributed by atoms with Crippen molar-refractivity contribution in [2.75, 3.05) is 6.54 Å². The maximum atomic E-state index is 13.4. The molecule has 0 spiro atoms. The summed E-state index contributed by atoms with van der Waals surface area (Å²) in [7, 11) is 0. The van der Waals surface area contributed by atoms with Crippen molar-refractivity contribution in [3.8, 4) is 11.5 Å². The number of carbonyl (C=O) groups excluding carboxylic acids is 1. The molecule has 10 heteroatoms. The van der Waals surface area contributed by atoms with Gasteiger partial charge in [-0.05, 0) is 24.6 Å². The molecule has 1 saturated heterocycles. The van der Waals surface area contributed by atoms with Gasteiger partial charge in [0.1, 0.15) is 23.8 Å². The molecule has 1 fully saturated rings. The lowest BCUT2D eigenvalue weighted by Crippen LogP contribution is -2.40. The molecule has 0 saturated carbocycles. The molecule has 3 heterocycles. The first-order valence-electron chi connectivity index (χ1n) is 11.4. The normalized spacial score (nSPS) is 22.7. The molecule has 1 aromatic heterocycles. The Kier molecular flexibility index (Phi) is 6.22. The molecule has 1 unspecified atom stereocenters. The van der Waals surface area contributed by atoms with E-state index in [-0.39, 0.29) is 18.9 Å². The number of benzene rings is 2. The Morgan fingerprint density at radius 2 is 1.97 bits per heavy atom. The smallest absolute Gasteiger partial charge is 0.330 e. The third-order valence-corrected chi connectivity index (χ3v) is 6.65. The zero-order valence-electron chi connectivity index (χ0n) is 18.9. The van der Waals surface area contributed by atoms with E-state index in [0.717, 1.165) is 5.56 Å². The lowest BCUT2D eigenvalue weighted by molar-refractivity contribution is -0.123. The van der Waals surface area contributed by atoms with Crippen molar-refractivity contribution in [3.05, 3.63) is 91.2 Å². The van der Waals surface area contributed by atoms with E-state index < -0.39 is 35.6 Å². The van der Waals surface area contributed by atoms with Gasteiger partial charge < -0.3 is 19.9 Å². The first-order valence-corrected chi connectivity index (χ1v) is 11.7. The number of aromatic amines is 1. The predicted molar refractivity (Wildman–Crippen MR) is 128 cm³/mol. The van der Waals surface area contributed by atoms with Crippen LogP contribution in [0.5, 0.6) is 11.5 Å². The van der Waals surface area contributed by atoms with E-state index in [4.69, 9.17) is 21.1 Å². The van der Waals surface area contributed by atoms with Crippen LogP contribution in [0.1, 0.15) is 42.2 Å². The van der Waals surface area contributed by atoms with Crippen molar-refractivity contribution in [2.24, 2.45) is 0 Å². The van der Waals surface area contributed by atoms with Crippen molar-refractivity contribution in [2.45, 2.75) is 44.1 Å². The number of hydrogen-bond donors (Lipinski definition) is 3. The SMILES string of the molecule is CCc1cn([C@@H]2CC(O)[C@H](CNC(=O)[C@H]3c4ccccc4Oc4cc(Cl)ccc43)O2)c(=O)[nH]c1=O. The Morgan fingerprint density at radius 1 is 1.20 bits per heavy atom. The minimum absolute atomic E-state index is 0.0394. The molecule has 2 aliphatic heterocycles. The highest BCUT2D eigenvalue weighted by Gasteiger charge is 2.37. The van der Waals surface area contributed by atoms with Crippen molar-refractivity contribution in [3.63, 3.8) is 0 Å². The van der Waals surface area contributed by atoms with Gasteiger partial charge in [-0.25, -0.2) is 4.79 Å². The number of carbonyl (C=O) groups is 1. The van der Waals surface area contributed by atoms with Crippen LogP contribution in [-0.4, -0.2) is 39.3 Å². The summed E-state index contributed by atoms with van der Waals surface area (Å²) in [5.41, 5.74) is 0.801. The van der Waals surface area contributed by atoms with Gasteiger partial charge in [0.2, 0.25) is 5.91 Å². The molecule has 3 N–H and O–H groups in total. The van der Waals surface area contributed by atoms with Gasteiger partial charge in [-0.15, -0.1) is 0 Å². The topological polar surface area (TPSA) is 123 Å². The summed E-state index contributed by atoms with van der Waals surface area (Å²) in [5, 5.41) is 13.9. The largest absolute Gasteiger partial charge is 0.457 e. The molecule has 182 valence electrons. The number of H-pyrrole nitrogens is 1. The van der Waals surface area contributed by atoms with E-state index in [1.54, 1.807) is 24.3 Å². The number of nitrogens with zero attached hydrogens (tertiary/aromatic N) is 1. The third-order valence-electron chi connectivity index (χ3n) is 6.41. The predicted octanol–water partition coefficient (Wildman–Crippen LogP) is 2.45. The molecule has 0 radical (unpaired) electrons. The molecular formula is C25H24ClN3O6. The molecule has 1 amide bonds. The summed E-state index contributed by atoms with van der Waals surface area (Å²) in [5.74, 6) is 0.176. The molecule has 3 aromatic rings. The monoisotopic (exact) mass is 497 g/mol. The summed E-state index contributed by atoms with van der Waals surface area (Å²) in [4.78, 5) is 39.8. The highest BCUT2D eigenvalue weighted by molar-refractivity contribution is 6.30. The average Bonchev–Trinajstić information content (AvgIpc) is 3.21. The van der Waals surface area contributed by atoms with Crippen molar-refractivity contribution in [1.82, 2.24) is 14.9 Å². The first kappa shape index (κ1) is 23.3. The molecule has 0 bridgehead atoms. The first-order chi connectivity index (χ1) is 16.9. The van der Waals surface area contributed by atoms with E-state index in [1.165, 1.54) is 10.8 Å². The number of aliphatic hydroxyl groups excluding tert-OH is 1. The van der Waals surface area contributed by atoms with E-state index >= 15 is 0 Å². The van der Waals surface area contributed by atoms with Crippen LogP contribution in [0.3, 0.4) is 0 Å². The number of aryl methyl sites for hydroxylation is 1. The number of halogens is 1. The van der Waals surface area contributed by atoms with Crippen LogP contribution in [0.15, 0.2) is 58.3 Å². The minimum Gasteiger partial charge on any atom is -0.457 e. The summed E-state index contributed by atoms with van der Waals surface area (Å²) in [6.07, 6.45) is -0.334. The van der Waals surface area contributed by atoms with E-state index in [1.807, 2.05) is 25.1 Å². The molecule has 35 heavy (non-hydrogen) atoms. The van der Waals surface area contributed by atoms with Gasteiger partial charge in [-0.3, -0.25) is 19.1 Å². The van der Waals surface area contributed by atoms with Gasteiger partial charge in [0, 0.05) is 40.9 Å². The molecule has 2 aromatic carbocycles. The Morgan fingerprint density at radius 3 is 2.77 bits per heavy atom. The fraction of sp³-hybridized carbons (Fsp3) is 0.320. The van der Waals surface area contributed by atoms with Crippen LogP contribution >= 0.6 is 11.6 Å². The standard InChI is InChI=1S/C25H24ClN3O6/c1-2-13-12-29(25(33)28-23(13)31)21-10-17(30)20(35-21)11-27-24(32)22-15-5-3-4-6-18(15)34-19-9-14(26)7-8-16(19)22/h3-9,12,17,20-22,30H,2,10-11H2,1H3,(H,27,32)(H,28,31,33)/t17?,20-,21-,22-/m0/s1. The fourth-order valence-electron chi connectivity index (χ4n) is 4.58. The second-order valence-electron chi connectivity index (χ2n) is 8.61. The number of ether oxygens (including phenoxy) is 2. The third kappa shape index (κ3) is 4.38. The molecule has 4 atom stereocenters.